The van der Waals surface area contributed by atoms with Gasteiger partial charge in [0.1, 0.15) is 11.3 Å². The molecule has 0 aliphatic heterocycles. The molecule has 0 aliphatic rings. The number of carbonyl (C=O) groups is 1. The van der Waals surface area contributed by atoms with Gasteiger partial charge in [0.05, 0.1) is 16.8 Å². The number of aromatic nitrogens is 1. The van der Waals surface area contributed by atoms with Crippen molar-refractivity contribution in [3.05, 3.63) is 106 Å². The van der Waals surface area contributed by atoms with Gasteiger partial charge < -0.3 is 9.52 Å². The van der Waals surface area contributed by atoms with E-state index in [0.717, 1.165) is 16.2 Å². The first-order valence-corrected chi connectivity index (χ1v) is 9.84. The second-order valence-corrected chi connectivity index (χ2v) is 7.51. The first-order valence-electron chi connectivity index (χ1n) is 9.46. The van der Waals surface area contributed by atoms with Crippen molar-refractivity contribution in [3.8, 4) is 17.0 Å². The maximum absolute atomic E-state index is 12.7. The molecule has 0 aliphatic carbocycles. The fraction of sp³-hybridized carbons (Fsp3) is 0. The Bertz CT molecular complexity index is 1540. The van der Waals surface area contributed by atoms with Crippen LogP contribution < -0.4 is 5.63 Å². The molecule has 0 bridgehead atoms. The Balaban J connectivity index is 1.59. The number of nitrogens with zero attached hydrogens (tertiary/aromatic N) is 1. The van der Waals surface area contributed by atoms with Gasteiger partial charge in [-0.3, -0.25) is 9.78 Å². The summed E-state index contributed by atoms with van der Waals surface area (Å²) in [6, 6.07) is 20.7. The Morgan fingerprint density at radius 2 is 1.77 bits per heavy atom. The van der Waals surface area contributed by atoms with E-state index in [0.29, 0.717) is 21.9 Å². The summed E-state index contributed by atoms with van der Waals surface area (Å²) < 4.78 is 5.52. The quantitative estimate of drug-likeness (QED) is 0.230. The lowest BCUT2D eigenvalue weighted by molar-refractivity contribution is 0.103. The number of hydrogen-bond donors (Lipinski definition) is 1. The predicted molar refractivity (Wildman–Crippen MR) is 120 cm³/mol. The van der Waals surface area contributed by atoms with Crippen LogP contribution in [0.3, 0.4) is 0 Å². The minimum absolute atomic E-state index is 0.0822. The predicted octanol–water partition coefficient (Wildman–Crippen LogP) is 5.60. The fourth-order valence-electron chi connectivity index (χ4n) is 3.58. The van der Waals surface area contributed by atoms with Gasteiger partial charge in [-0.1, -0.05) is 41.9 Å². The van der Waals surface area contributed by atoms with Crippen LogP contribution in [0.2, 0.25) is 5.02 Å². The van der Waals surface area contributed by atoms with Gasteiger partial charge in [0.2, 0.25) is 0 Å². The fourth-order valence-corrected chi connectivity index (χ4v) is 3.76. The van der Waals surface area contributed by atoms with Crippen LogP contribution >= 0.6 is 11.6 Å². The van der Waals surface area contributed by atoms with E-state index in [1.807, 2.05) is 30.3 Å². The van der Waals surface area contributed by atoms with Crippen LogP contribution in [0.15, 0.2) is 88.2 Å². The summed E-state index contributed by atoms with van der Waals surface area (Å²) in [4.78, 5) is 29.6. The number of fused-ring (bicyclic) bond motifs is 3. The molecule has 5 rings (SSSR count). The van der Waals surface area contributed by atoms with E-state index >= 15 is 0 Å². The van der Waals surface area contributed by atoms with E-state index in [4.69, 9.17) is 16.0 Å². The highest BCUT2D eigenvalue weighted by atomic mass is 35.5. The van der Waals surface area contributed by atoms with E-state index in [2.05, 4.69) is 4.98 Å². The number of hydrogen-bond acceptors (Lipinski definition) is 5. The molecule has 2 heterocycles. The smallest absolute Gasteiger partial charge is 0.345 e. The molecule has 5 nitrogen and oxygen atoms in total. The van der Waals surface area contributed by atoms with Crippen LogP contribution in [-0.2, 0) is 0 Å². The topological polar surface area (TPSA) is 80.4 Å². The Labute approximate surface area is 181 Å². The second kappa shape index (κ2) is 7.38. The minimum Gasteiger partial charge on any atom is -0.507 e. The maximum Gasteiger partial charge on any atom is 0.345 e. The number of phenolic OH excluding ortho intramolecular Hbond substituents is 1. The lowest BCUT2D eigenvalue weighted by Gasteiger charge is -2.07. The van der Waals surface area contributed by atoms with Crippen molar-refractivity contribution >= 4 is 39.1 Å². The highest BCUT2D eigenvalue weighted by molar-refractivity contribution is 6.31. The summed E-state index contributed by atoms with van der Waals surface area (Å²) in [5.74, 6) is -0.587. The lowest BCUT2D eigenvalue weighted by atomic mass is 10.0. The molecular weight excluding hydrogens is 414 g/mol. The number of carbonyl (C=O) groups excluding carboxylic acids is 1. The normalized spacial score (nSPS) is 11.1. The molecule has 2 aromatic heterocycles. The molecular formula is C25H14ClNO4. The number of ketones is 1. The molecule has 0 amide bonds. The Morgan fingerprint density at radius 3 is 2.58 bits per heavy atom. The van der Waals surface area contributed by atoms with Crippen LogP contribution in [0, 0.1) is 0 Å². The zero-order chi connectivity index (χ0) is 21.5. The third kappa shape index (κ3) is 3.35. The molecule has 0 spiro atoms. The summed E-state index contributed by atoms with van der Waals surface area (Å²) in [6.45, 7) is 0. The summed E-state index contributed by atoms with van der Waals surface area (Å²) in [7, 11) is 0. The van der Waals surface area contributed by atoms with Gasteiger partial charge in [-0.25, -0.2) is 4.79 Å². The molecule has 1 N–H and O–H groups in total. The summed E-state index contributed by atoms with van der Waals surface area (Å²) in [5.41, 5.74) is 1.01. The molecule has 3 aromatic carbocycles. The van der Waals surface area contributed by atoms with Crippen molar-refractivity contribution in [2.45, 2.75) is 0 Å². The van der Waals surface area contributed by atoms with Crippen LogP contribution in [0.25, 0.3) is 33.0 Å². The molecule has 0 unspecified atom stereocenters. The molecule has 0 fully saturated rings. The molecule has 0 saturated carbocycles. The van der Waals surface area contributed by atoms with Crippen molar-refractivity contribution < 1.29 is 14.3 Å². The molecule has 31 heavy (non-hydrogen) atoms. The first-order chi connectivity index (χ1) is 15.0. The maximum atomic E-state index is 12.7. The second-order valence-electron chi connectivity index (χ2n) is 7.07. The zero-order valence-electron chi connectivity index (χ0n) is 16.0. The highest BCUT2D eigenvalue weighted by Gasteiger charge is 2.16. The number of phenols is 1. The van der Waals surface area contributed by atoms with Gasteiger partial charge in [-0.2, -0.15) is 0 Å². The molecule has 0 radical (unpaired) electrons. The summed E-state index contributed by atoms with van der Waals surface area (Å²) in [5, 5.41) is 13.1. The highest BCUT2D eigenvalue weighted by Crippen LogP contribution is 2.28. The largest absolute Gasteiger partial charge is 0.507 e. The molecule has 0 saturated heterocycles. The van der Waals surface area contributed by atoms with Crippen LogP contribution in [0.4, 0.5) is 0 Å². The van der Waals surface area contributed by atoms with Crippen LogP contribution in [0.1, 0.15) is 15.9 Å². The number of halogens is 1. The van der Waals surface area contributed by atoms with E-state index in [1.165, 1.54) is 24.4 Å². The average molecular weight is 428 g/mol. The van der Waals surface area contributed by atoms with Crippen molar-refractivity contribution in [2.24, 2.45) is 0 Å². The third-order valence-electron chi connectivity index (χ3n) is 5.15. The van der Waals surface area contributed by atoms with Crippen molar-refractivity contribution in [3.63, 3.8) is 0 Å². The minimum atomic E-state index is -0.512. The van der Waals surface area contributed by atoms with Gasteiger partial charge >= 0.3 is 5.63 Å². The van der Waals surface area contributed by atoms with Crippen LogP contribution in [-0.4, -0.2) is 15.9 Å². The van der Waals surface area contributed by atoms with E-state index in [1.54, 1.807) is 24.3 Å². The van der Waals surface area contributed by atoms with Gasteiger partial charge in [0, 0.05) is 22.2 Å². The van der Waals surface area contributed by atoms with E-state index < -0.39 is 11.4 Å². The molecule has 6 heteroatoms. The standard InChI is InChI=1S/C25H14ClNO4/c26-16-7-9-22(28)20(11-16)24(29)15-5-8-21(27-13-15)19-12-18-17-4-2-1-3-14(17)6-10-23(18)31-25(19)30/h1-13,28H. The first kappa shape index (κ1) is 19.0. The number of pyridine rings is 1. The van der Waals surface area contributed by atoms with Gasteiger partial charge in [-0.15, -0.1) is 0 Å². The third-order valence-corrected chi connectivity index (χ3v) is 5.38. The van der Waals surface area contributed by atoms with Crippen LogP contribution in [0.5, 0.6) is 5.75 Å². The zero-order valence-corrected chi connectivity index (χ0v) is 16.8. The summed E-state index contributed by atoms with van der Waals surface area (Å²) in [6.07, 6.45) is 1.37. The Hall–Kier alpha value is -3.96. The van der Waals surface area contributed by atoms with Crippen molar-refractivity contribution in [2.75, 3.05) is 0 Å². The molecule has 150 valence electrons. The lowest BCUT2D eigenvalue weighted by Crippen LogP contribution is -2.06. The van der Waals surface area contributed by atoms with Gasteiger partial charge in [0.15, 0.2) is 5.78 Å². The number of aromatic hydroxyl groups is 1. The number of benzene rings is 3. The van der Waals surface area contributed by atoms with E-state index in [-0.39, 0.29) is 16.9 Å². The Kier molecular flexibility index (Phi) is 4.53. The average Bonchev–Trinajstić information content (AvgIpc) is 2.80. The summed E-state index contributed by atoms with van der Waals surface area (Å²) >= 11 is 5.94. The monoisotopic (exact) mass is 427 g/mol. The van der Waals surface area contributed by atoms with E-state index in [9.17, 15) is 14.7 Å². The van der Waals surface area contributed by atoms with Crippen molar-refractivity contribution in [1.82, 2.24) is 4.98 Å². The van der Waals surface area contributed by atoms with Gasteiger partial charge in [-0.05, 0) is 53.2 Å². The van der Waals surface area contributed by atoms with Crippen molar-refractivity contribution in [1.29, 1.82) is 0 Å². The Morgan fingerprint density at radius 1 is 0.935 bits per heavy atom. The molecule has 5 aromatic rings. The van der Waals surface area contributed by atoms with Gasteiger partial charge in [0.25, 0.3) is 0 Å². The SMILES string of the molecule is O=C(c1ccc(-c2cc3c(ccc4ccccc43)oc2=O)nc1)c1cc(Cl)ccc1O. The number of rotatable bonds is 3. The molecule has 0 atom stereocenters.